The largest absolute Gasteiger partial charge is 0.382 e. The predicted molar refractivity (Wildman–Crippen MR) is 164 cm³/mol. The first-order valence-electron chi connectivity index (χ1n) is 14.3. The molecule has 0 radical (unpaired) electrons. The number of halogens is 1. The summed E-state index contributed by atoms with van der Waals surface area (Å²) in [4.78, 5) is 8.81. The number of allylic oxidation sites excluding steroid dienone is 4. The van der Waals surface area contributed by atoms with E-state index in [1.165, 1.54) is 44.6 Å². The number of hydrogen-bond donors (Lipinski definition) is 0. The van der Waals surface area contributed by atoms with Crippen LogP contribution < -0.4 is 0 Å². The molecule has 0 unspecified atom stereocenters. The van der Waals surface area contributed by atoms with Gasteiger partial charge in [0, 0.05) is 13.2 Å². The summed E-state index contributed by atoms with van der Waals surface area (Å²) in [6.45, 7) is 17.0. The van der Waals surface area contributed by atoms with Crippen LogP contribution in [0, 0.1) is 11.7 Å². The van der Waals surface area contributed by atoms with Crippen LogP contribution >= 0.6 is 0 Å². The molecule has 0 spiro atoms. The van der Waals surface area contributed by atoms with E-state index in [1.807, 2.05) is 32.0 Å². The summed E-state index contributed by atoms with van der Waals surface area (Å²) in [7, 11) is 0. The van der Waals surface area contributed by atoms with Crippen molar-refractivity contribution in [2.45, 2.75) is 85.0 Å². The molecule has 1 heterocycles. The second-order valence-corrected chi connectivity index (χ2v) is 9.60. The Bertz CT molecular complexity index is 974. The molecule has 0 aliphatic heterocycles. The Hall–Kier alpha value is -2.59. The van der Waals surface area contributed by atoms with Crippen LogP contribution in [0.25, 0.3) is 16.7 Å². The normalized spacial score (nSPS) is 13.1. The van der Waals surface area contributed by atoms with Crippen molar-refractivity contribution >= 4 is 18.8 Å². The van der Waals surface area contributed by atoms with Crippen molar-refractivity contribution in [1.29, 1.82) is 0 Å². The molecule has 0 bridgehead atoms. The van der Waals surface area contributed by atoms with Gasteiger partial charge in [-0.05, 0) is 27.2 Å². The Kier molecular flexibility index (Phi) is 18.8. The van der Waals surface area contributed by atoms with E-state index >= 15 is 0 Å². The minimum atomic E-state index is -0.158. The maximum atomic E-state index is 14.5. The average Bonchev–Trinajstić information content (AvgIpc) is 2.92. The third kappa shape index (κ3) is 13.8. The zero-order valence-corrected chi connectivity index (χ0v) is 24.0. The Labute approximate surface area is 232 Å². The molecule has 0 atom stereocenters. The van der Waals surface area contributed by atoms with Gasteiger partial charge in [0.25, 0.3) is 0 Å². The number of aldehydes is 1. The van der Waals surface area contributed by atoms with Crippen LogP contribution in [0.4, 0.5) is 4.39 Å². The Morgan fingerprint density at radius 1 is 1.08 bits per heavy atom. The van der Waals surface area contributed by atoms with E-state index < -0.39 is 0 Å². The predicted octanol–water partition coefficient (Wildman–Crippen LogP) is 9.52. The first-order chi connectivity index (χ1) is 18.5. The molecule has 3 rings (SSSR count). The zero-order chi connectivity index (χ0) is 28.0. The zero-order valence-electron chi connectivity index (χ0n) is 24.0. The van der Waals surface area contributed by atoms with Crippen LogP contribution in [0.5, 0.6) is 0 Å². The molecule has 1 fully saturated rings. The molecule has 1 aromatic carbocycles. The van der Waals surface area contributed by atoms with Crippen LogP contribution in [0.1, 0.15) is 89.7 Å². The molecule has 2 aromatic rings. The van der Waals surface area contributed by atoms with Gasteiger partial charge in [0.2, 0.25) is 0 Å². The molecule has 0 N–H and O–H groups in total. The third-order valence-electron chi connectivity index (χ3n) is 6.56. The van der Waals surface area contributed by atoms with Crippen LogP contribution in [0.15, 0.2) is 67.6 Å². The molecule has 38 heavy (non-hydrogen) atoms. The van der Waals surface area contributed by atoms with E-state index in [9.17, 15) is 4.39 Å². The Balaban J connectivity index is 0.000000794. The van der Waals surface area contributed by atoms with Gasteiger partial charge in [0.05, 0.1) is 0 Å². The van der Waals surface area contributed by atoms with E-state index in [-0.39, 0.29) is 5.82 Å². The molecule has 4 heteroatoms. The summed E-state index contributed by atoms with van der Waals surface area (Å²) >= 11 is 0. The number of carbonyl (C=O) groups is 1. The summed E-state index contributed by atoms with van der Waals surface area (Å²) in [6.07, 6.45) is 18.9. The van der Waals surface area contributed by atoms with Gasteiger partial charge in [-0.25, -0.2) is 0 Å². The maximum Gasteiger partial charge on any atom is 0.116 e. The number of ether oxygens (including phenoxy) is 1. The summed E-state index contributed by atoms with van der Waals surface area (Å²) < 4.78 is 19.3. The van der Waals surface area contributed by atoms with Crippen LogP contribution in [-0.2, 0) is 16.0 Å². The average molecular weight is 519 g/mol. The van der Waals surface area contributed by atoms with Crippen LogP contribution in [0.3, 0.4) is 0 Å². The van der Waals surface area contributed by atoms with Crippen molar-refractivity contribution in [2.75, 3.05) is 13.2 Å². The number of rotatable bonds is 12. The minimum Gasteiger partial charge on any atom is -0.382 e. The van der Waals surface area contributed by atoms with E-state index in [0.29, 0.717) is 5.56 Å². The van der Waals surface area contributed by atoms with Gasteiger partial charge in [0.15, 0.2) is 0 Å². The summed E-state index contributed by atoms with van der Waals surface area (Å²) in [6, 6.07) is 8.48. The fraction of sp³-hybridized carbons (Fsp3) is 0.471. The molecule has 1 saturated carbocycles. The van der Waals surface area contributed by atoms with Gasteiger partial charge >= 0.3 is 164 Å². The first kappa shape index (κ1) is 33.4. The quantitative estimate of drug-likeness (QED) is 0.159. The summed E-state index contributed by atoms with van der Waals surface area (Å²) in [5.74, 6) is 4.05. The van der Waals surface area contributed by atoms with E-state index in [4.69, 9.17) is 9.53 Å². The fourth-order valence-corrected chi connectivity index (χ4v) is 4.65. The van der Waals surface area contributed by atoms with Crippen molar-refractivity contribution in [2.24, 2.45) is 5.92 Å². The van der Waals surface area contributed by atoms with Crippen molar-refractivity contribution in [3.05, 3.63) is 84.5 Å². The maximum absolute atomic E-state index is 14.5. The summed E-state index contributed by atoms with van der Waals surface area (Å²) in [5, 5.41) is 0. The van der Waals surface area contributed by atoms with Crippen LogP contribution in [0.2, 0.25) is 0 Å². The Morgan fingerprint density at radius 3 is 2.37 bits per heavy atom. The van der Waals surface area contributed by atoms with Crippen molar-refractivity contribution < 1.29 is 13.9 Å². The van der Waals surface area contributed by atoms with Gasteiger partial charge in [-0.1, -0.05) is 6.08 Å². The topological polar surface area (TPSA) is 26.3 Å². The van der Waals surface area contributed by atoms with Gasteiger partial charge < -0.3 is 9.53 Å². The molecular formula is C34H48BFO2. The van der Waals surface area contributed by atoms with E-state index in [2.05, 4.69) is 43.5 Å². The number of carbonyl (C=O) groups excluding carboxylic acids is 1. The van der Waals surface area contributed by atoms with Gasteiger partial charge in [-0.2, -0.15) is 0 Å². The van der Waals surface area contributed by atoms with Crippen molar-refractivity contribution in [3.8, 4) is 11.1 Å². The number of unbranched alkanes of at least 4 members (excludes halogenated alkanes) is 1. The minimum absolute atomic E-state index is 0.158. The molecule has 0 amide bonds. The molecule has 1 aromatic heterocycles. The second-order valence-electron chi connectivity index (χ2n) is 9.60. The van der Waals surface area contributed by atoms with Crippen molar-refractivity contribution in [1.82, 2.24) is 0 Å². The molecule has 0 saturated heterocycles. The molecule has 1 aliphatic carbocycles. The molecule has 1 aliphatic rings. The van der Waals surface area contributed by atoms with Gasteiger partial charge in [0.1, 0.15) is 6.29 Å². The van der Waals surface area contributed by atoms with Crippen molar-refractivity contribution in [3.63, 3.8) is 0 Å². The third-order valence-corrected chi connectivity index (χ3v) is 6.56. The standard InChI is InChI=1S/C28H34BF.C4H10O.C2H4O/c1-3-4-5-6-7-9-12-22(2)25-18-24(17-23-13-10-8-11-14-23)19-26(20-25)27-15-16-29-21-28(27)30;1-3-5-4-2;1-2-3/h3,6-7,15-16,18-21,23H,1-2,4-5,8-14,17H2;3-4H2,1-2H3;2H,1H3/b7-6+;;. The molecule has 2 nitrogen and oxygen atoms in total. The molecule has 206 valence electrons. The second kappa shape index (κ2) is 21.4. The summed E-state index contributed by atoms with van der Waals surface area (Å²) in [5.41, 5.74) is 5.26. The molecular weight excluding hydrogens is 470 g/mol. The van der Waals surface area contributed by atoms with Gasteiger partial charge in [-0.3, -0.25) is 0 Å². The Morgan fingerprint density at radius 2 is 1.76 bits per heavy atom. The van der Waals surface area contributed by atoms with Gasteiger partial charge in [-0.15, -0.1) is 6.58 Å². The number of benzene rings is 1. The van der Waals surface area contributed by atoms with E-state index in [0.717, 1.165) is 74.2 Å². The van der Waals surface area contributed by atoms with Crippen LogP contribution in [-0.4, -0.2) is 26.4 Å². The smallest absolute Gasteiger partial charge is 0.116 e. The fourth-order valence-electron chi connectivity index (χ4n) is 4.65. The SMILES string of the molecule is C=CCC/C=C/CCC(=C)c1cc(CC2CCCCC2)cc(-c2ccbcc2F)c1.CC=O.CCOCC. The van der Waals surface area contributed by atoms with E-state index in [1.54, 1.807) is 12.9 Å². The monoisotopic (exact) mass is 518 g/mol. The number of hydrogen-bond acceptors (Lipinski definition) is 2. The first-order valence-corrected chi connectivity index (χ1v) is 14.3.